The van der Waals surface area contributed by atoms with E-state index in [1.807, 2.05) is 28.8 Å². The number of carbonyl (C=O) groups is 1. The summed E-state index contributed by atoms with van der Waals surface area (Å²) in [4.78, 5) is 23.2. The second kappa shape index (κ2) is 6.92. The lowest BCUT2D eigenvalue weighted by Crippen LogP contribution is -2.40. The SMILES string of the molecule is O=C(Nc1ccc(-n2cnc3ccccc32)nc1)C1=CC=CN2CCS(=O)(=O)N=C12. The molecule has 1 N–H and O–H groups in total. The van der Waals surface area contributed by atoms with Crippen LogP contribution in [0.15, 0.2) is 77.2 Å². The number of hydrogen-bond acceptors (Lipinski definition) is 6. The number of allylic oxidation sites excluding steroid dienone is 2. The lowest BCUT2D eigenvalue weighted by Gasteiger charge is -2.28. The van der Waals surface area contributed by atoms with Crippen LogP contribution in [0.4, 0.5) is 5.69 Å². The highest BCUT2D eigenvalue weighted by Gasteiger charge is 2.30. The van der Waals surface area contributed by atoms with Crippen LogP contribution in [0.3, 0.4) is 0 Å². The number of fused-ring (bicyclic) bond motifs is 2. The number of imidazole rings is 1. The Hall–Kier alpha value is -3.79. The van der Waals surface area contributed by atoms with Crippen LogP contribution in [0, 0.1) is 0 Å². The molecule has 0 bridgehead atoms. The zero-order valence-corrected chi connectivity index (χ0v) is 16.5. The van der Waals surface area contributed by atoms with Gasteiger partial charge in [-0.05, 0) is 36.4 Å². The Morgan fingerprint density at radius 2 is 1.97 bits per heavy atom. The molecule has 0 spiro atoms. The van der Waals surface area contributed by atoms with Crippen LogP contribution in [0.2, 0.25) is 0 Å². The Morgan fingerprint density at radius 1 is 1.10 bits per heavy atom. The third kappa shape index (κ3) is 3.26. The third-order valence-electron chi connectivity index (χ3n) is 4.81. The predicted molar refractivity (Wildman–Crippen MR) is 113 cm³/mol. The van der Waals surface area contributed by atoms with Crippen molar-refractivity contribution in [3.8, 4) is 5.82 Å². The van der Waals surface area contributed by atoms with E-state index in [0.29, 0.717) is 11.5 Å². The van der Waals surface area contributed by atoms with Gasteiger partial charge in [-0.3, -0.25) is 9.36 Å². The molecule has 0 unspecified atom stereocenters. The van der Waals surface area contributed by atoms with Crippen molar-refractivity contribution in [1.29, 1.82) is 0 Å². The van der Waals surface area contributed by atoms with Gasteiger partial charge in [0, 0.05) is 12.7 Å². The van der Waals surface area contributed by atoms with E-state index in [9.17, 15) is 13.2 Å². The van der Waals surface area contributed by atoms with Crippen LogP contribution in [-0.4, -0.2) is 51.9 Å². The Kier molecular flexibility index (Phi) is 4.21. The van der Waals surface area contributed by atoms with E-state index in [1.165, 1.54) is 0 Å². The van der Waals surface area contributed by atoms with E-state index in [1.54, 1.807) is 47.9 Å². The van der Waals surface area contributed by atoms with E-state index in [-0.39, 0.29) is 23.7 Å². The van der Waals surface area contributed by atoms with Crippen molar-refractivity contribution in [2.24, 2.45) is 4.40 Å². The van der Waals surface area contributed by atoms with Crippen LogP contribution >= 0.6 is 0 Å². The van der Waals surface area contributed by atoms with Crippen molar-refractivity contribution in [3.63, 3.8) is 0 Å². The number of amides is 1. The van der Waals surface area contributed by atoms with Crippen LogP contribution in [0.5, 0.6) is 0 Å². The van der Waals surface area contributed by atoms with Crippen molar-refractivity contribution in [2.75, 3.05) is 17.6 Å². The summed E-state index contributed by atoms with van der Waals surface area (Å²) >= 11 is 0. The van der Waals surface area contributed by atoms with Gasteiger partial charge in [-0.2, -0.15) is 0 Å². The Balaban J connectivity index is 1.39. The molecular weight excluding hydrogens is 404 g/mol. The topological polar surface area (TPSA) is 110 Å². The second-order valence-electron chi connectivity index (χ2n) is 6.78. The lowest BCUT2D eigenvalue weighted by atomic mass is 10.1. The number of aromatic nitrogens is 3. The molecule has 0 aliphatic carbocycles. The molecule has 1 aromatic carbocycles. The van der Waals surface area contributed by atoms with Gasteiger partial charge in [0.15, 0.2) is 5.84 Å². The standard InChI is InChI=1S/C20H16N6O3S/c27-20(15-4-3-9-25-10-11-30(28,29)24-19(15)25)23-14-7-8-18(21-12-14)26-13-22-16-5-1-2-6-17(16)26/h1-9,12-13H,10-11H2,(H,23,27). The molecular formula is C20H16N6O3S. The molecule has 5 rings (SSSR count). The molecule has 3 aromatic rings. The normalized spacial score (nSPS) is 17.3. The first-order chi connectivity index (χ1) is 14.5. The Morgan fingerprint density at radius 3 is 2.80 bits per heavy atom. The van der Waals surface area contributed by atoms with Crippen molar-refractivity contribution >= 4 is 38.5 Å². The third-order valence-corrected chi connectivity index (χ3v) is 5.96. The van der Waals surface area contributed by atoms with E-state index in [2.05, 4.69) is 19.7 Å². The van der Waals surface area contributed by atoms with Crippen molar-refractivity contribution < 1.29 is 13.2 Å². The zero-order chi connectivity index (χ0) is 20.7. The quantitative estimate of drug-likeness (QED) is 0.693. The molecule has 2 aliphatic heterocycles. The Bertz CT molecular complexity index is 1350. The number of hydrogen-bond donors (Lipinski definition) is 1. The van der Waals surface area contributed by atoms with Crippen molar-refractivity contribution in [2.45, 2.75) is 0 Å². The van der Waals surface area contributed by atoms with Gasteiger partial charge in [-0.1, -0.05) is 12.1 Å². The number of nitrogens with one attached hydrogen (secondary N) is 1. The molecule has 0 saturated heterocycles. The van der Waals surface area contributed by atoms with E-state index in [4.69, 9.17) is 0 Å². The lowest BCUT2D eigenvalue weighted by molar-refractivity contribution is -0.112. The van der Waals surface area contributed by atoms with Crippen molar-refractivity contribution in [3.05, 3.63) is 72.8 Å². The fourth-order valence-corrected chi connectivity index (χ4v) is 4.32. The summed E-state index contributed by atoms with van der Waals surface area (Å²) in [6, 6.07) is 11.2. The average Bonchev–Trinajstić information content (AvgIpc) is 3.17. The molecule has 4 heterocycles. The second-order valence-corrected chi connectivity index (χ2v) is 8.53. The fourth-order valence-electron chi connectivity index (χ4n) is 3.34. The Labute approximate surface area is 172 Å². The minimum atomic E-state index is -3.57. The van der Waals surface area contributed by atoms with Gasteiger partial charge in [-0.25, -0.2) is 18.4 Å². The van der Waals surface area contributed by atoms with Gasteiger partial charge in [0.1, 0.15) is 12.1 Å². The molecule has 30 heavy (non-hydrogen) atoms. The molecule has 10 heteroatoms. The number of para-hydroxylation sites is 2. The number of rotatable bonds is 3. The number of anilines is 1. The zero-order valence-electron chi connectivity index (χ0n) is 15.6. The van der Waals surface area contributed by atoms with Crippen LogP contribution in [-0.2, 0) is 14.8 Å². The summed E-state index contributed by atoms with van der Waals surface area (Å²) in [6.07, 6.45) is 8.18. The van der Waals surface area contributed by atoms with E-state index >= 15 is 0 Å². The van der Waals surface area contributed by atoms with Gasteiger partial charge in [0.05, 0.1) is 34.2 Å². The van der Waals surface area contributed by atoms with E-state index < -0.39 is 15.9 Å². The number of nitrogens with zero attached hydrogens (tertiary/aromatic N) is 5. The first-order valence-electron chi connectivity index (χ1n) is 9.18. The van der Waals surface area contributed by atoms with Crippen LogP contribution in [0.25, 0.3) is 16.9 Å². The summed E-state index contributed by atoms with van der Waals surface area (Å²) < 4.78 is 29.3. The molecule has 0 radical (unpaired) electrons. The molecule has 9 nitrogen and oxygen atoms in total. The summed E-state index contributed by atoms with van der Waals surface area (Å²) in [5.41, 5.74) is 2.46. The van der Waals surface area contributed by atoms with Crippen LogP contribution in [0.1, 0.15) is 0 Å². The average molecular weight is 420 g/mol. The highest BCUT2D eigenvalue weighted by Crippen LogP contribution is 2.20. The van der Waals surface area contributed by atoms with Gasteiger partial charge < -0.3 is 10.2 Å². The number of pyridine rings is 1. The summed E-state index contributed by atoms with van der Waals surface area (Å²) in [7, 11) is -3.57. The fraction of sp³-hybridized carbons (Fsp3) is 0.100. The largest absolute Gasteiger partial charge is 0.331 e. The minimum Gasteiger partial charge on any atom is -0.331 e. The molecule has 1 amide bonds. The van der Waals surface area contributed by atoms with Crippen LogP contribution < -0.4 is 5.32 Å². The van der Waals surface area contributed by atoms with Gasteiger partial charge >= 0.3 is 0 Å². The summed E-state index contributed by atoms with van der Waals surface area (Å²) in [6.45, 7) is 0.261. The number of carbonyl (C=O) groups excluding carboxylic acids is 1. The first kappa shape index (κ1) is 18.3. The highest BCUT2D eigenvalue weighted by atomic mass is 32.2. The van der Waals surface area contributed by atoms with Gasteiger partial charge in [0.2, 0.25) is 0 Å². The van der Waals surface area contributed by atoms with Gasteiger partial charge in [-0.15, -0.1) is 4.40 Å². The smallest absolute Gasteiger partial charge is 0.259 e. The minimum absolute atomic E-state index is 0.0793. The highest BCUT2D eigenvalue weighted by molar-refractivity contribution is 7.90. The predicted octanol–water partition coefficient (Wildman–Crippen LogP) is 1.86. The molecule has 0 saturated carbocycles. The summed E-state index contributed by atoms with van der Waals surface area (Å²) in [5, 5.41) is 2.75. The molecule has 150 valence electrons. The maximum absolute atomic E-state index is 12.8. The summed E-state index contributed by atoms with van der Waals surface area (Å²) in [5.74, 6) is 0.262. The number of amidine groups is 1. The molecule has 0 fully saturated rings. The van der Waals surface area contributed by atoms with Crippen molar-refractivity contribution in [1.82, 2.24) is 19.4 Å². The van der Waals surface area contributed by atoms with E-state index in [0.717, 1.165) is 11.0 Å². The maximum atomic E-state index is 12.8. The number of benzene rings is 1. The molecule has 2 aliphatic rings. The van der Waals surface area contributed by atoms with Gasteiger partial charge in [0.25, 0.3) is 15.9 Å². The number of sulfonamides is 1. The maximum Gasteiger partial charge on any atom is 0.259 e. The first-order valence-corrected chi connectivity index (χ1v) is 10.8. The monoisotopic (exact) mass is 420 g/mol. The molecule has 2 aromatic heterocycles. The molecule has 0 atom stereocenters.